The molecule has 25 heavy (non-hydrogen) atoms. The van der Waals surface area contributed by atoms with Crippen LogP contribution >= 0.6 is 0 Å². The van der Waals surface area contributed by atoms with Crippen LogP contribution in [0, 0.1) is 0 Å². The lowest BCUT2D eigenvalue weighted by molar-refractivity contribution is -0.124. The van der Waals surface area contributed by atoms with Crippen LogP contribution in [0.5, 0.6) is 11.5 Å². The van der Waals surface area contributed by atoms with Gasteiger partial charge in [0.25, 0.3) is 5.91 Å². The Hall–Kier alpha value is -3.36. The molecule has 2 aromatic rings. The summed E-state index contributed by atoms with van der Waals surface area (Å²) in [5.41, 5.74) is 6.19. The third kappa shape index (κ3) is 4.80. The zero-order valence-electron chi connectivity index (χ0n) is 13.8. The molecule has 0 aliphatic carbocycles. The van der Waals surface area contributed by atoms with Gasteiger partial charge >= 0.3 is 5.97 Å². The van der Waals surface area contributed by atoms with Crippen LogP contribution in [-0.4, -0.2) is 42.7 Å². The summed E-state index contributed by atoms with van der Waals surface area (Å²) in [5.74, 6) is -0.192. The van der Waals surface area contributed by atoms with Crippen LogP contribution in [0.15, 0.2) is 30.6 Å². The second-order valence-corrected chi connectivity index (χ2v) is 4.83. The van der Waals surface area contributed by atoms with Crippen molar-refractivity contribution in [3.05, 3.63) is 41.9 Å². The first-order valence-electron chi connectivity index (χ1n) is 7.26. The fourth-order valence-electron chi connectivity index (χ4n) is 1.95. The Bertz CT molecular complexity index is 766. The number of hydrogen-bond donors (Lipinski definition) is 2. The van der Waals surface area contributed by atoms with E-state index in [2.05, 4.69) is 15.3 Å². The number of ether oxygens (including phenoxy) is 3. The SMILES string of the molecule is COc1ccc(CNC(=O)COC(=O)c2nccnc2N)cc1OC. The van der Waals surface area contributed by atoms with Gasteiger partial charge in [-0.1, -0.05) is 6.07 Å². The molecule has 0 saturated carbocycles. The van der Waals surface area contributed by atoms with Crippen LogP contribution in [0.4, 0.5) is 5.82 Å². The molecule has 0 unspecified atom stereocenters. The summed E-state index contributed by atoms with van der Waals surface area (Å²) < 4.78 is 15.2. The fraction of sp³-hybridized carbons (Fsp3) is 0.250. The highest BCUT2D eigenvalue weighted by Gasteiger charge is 2.15. The highest BCUT2D eigenvalue weighted by molar-refractivity contribution is 5.93. The number of hydrogen-bond acceptors (Lipinski definition) is 8. The van der Waals surface area contributed by atoms with Gasteiger partial charge in [0.2, 0.25) is 0 Å². The van der Waals surface area contributed by atoms with Gasteiger partial charge in [-0.05, 0) is 17.7 Å². The molecule has 0 saturated heterocycles. The van der Waals surface area contributed by atoms with Gasteiger partial charge in [-0.2, -0.15) is 0 Å². The Morgan fingerprint density at radius 2 is 1.84 bits per heavy atom. The van der Waals surface area contributed by atoms with E-state index in [1.165, 1.54) is 26.6 Å². The minimum absolute atomic E-state index is 0.0572. The number of benzene rings is 1. The number of nitrogens with two attached hydrogens (primary N) is 1. The van der Waals surface area contributed by atoms with Crippen molar-refractivity contribution in [3.63, 3.8) is 0 Å². The Labute approximate surface area is 144 Å². The molecule has 0 aliphatic rings. The minimum Gasteiger partial charge on any atom is -0.493 e. The predicted molar refractivity (Wildman–Crippen MR) is 88.1 cm³/mol. The first kappa shape index (κ1) is 18.0. The highest BCUT2D eigenvalue weighted by atomic mass is 16.5. The molecule has 132 valence electrons. The summed E-state index contributed by atoms with van der Waals surface area (Å²) in [7, 11) is 3.06. The topological polar surface area (TPSA) is 126 Å². The third-order valence-electron chi connectivity index (χ3n) is 3.19. The predicted octanol–water partition coefficient (Wildman–Crippen LogP) is 0.549. The Morgan fingerprint density at radius 3 is 2.52 bits per heavy atom. The molecule has 9 nitrogen and oxygen atoms in total. The Morgan fingerprint density at radius 1 is 1.12 bits per heavy atom. The molecule has 0 radical (unpaired) electrons. The molecule has 2 rings (SSSR count). The Kier molecular flexibility index (Phi) is 6.10. The number of carbonyl (C=O) groups excluding carboxylic acids is 2. The average molecular weight is 346 g/mol. The van der Waals surface area contributed by atoms with E-state index in [4.69, 9.17) is 19.9 Å². The molecular formula is C16H18N4O5. The number of nitrogen functional groups attached to an aromatic ring is 1. The van der Waals surface area contributed by atoms with Crippen LogP contribution < -0.4 is 20.5 Å². The van der Waals surface area contributed by atoms with Gasteiger partial charge in [-0.15, -0.1) is 0 Å². The second-order valence-electron chi connectivity index (χ2n) is 4.83. The normalized spacial score (nSPS) is 10.0. The summed E-state index contributed by atoms with van der Waals surface area (Å²) in [5, 5.41) is 2.63. The number of rotatable bonds is 7. The van der Waals surface area contributed by atoms with Crippen molar-refractivity contribution in [2.75, 3.05) is 26.6 Å². The number of nitrogens with zero attached hydrogens (tertiary/aromatic N) is 2. The van der Waals surface area contributed by atoms with E-state index in [-0.39, 0.29) is 18.1 Å². The third-order valence-corrected chi connectivity index (χ3v) is 3.19. The van der Waals surface area contributed by atoms with Gasteiger partial charge in [0.1, 0.15) is 0 Å². The van der Waals surface area contributed by atoms with Crippen molar-refractivity contribution < 1.29 is 23.8 Å². The zero-order chi connectivity index (χ0) is 18.2. The van der Waals surface area contributed by atoms with Crippen molar-refractivity contribution in [2.24, 2.45) is 0 Å². The molecule has 0 fully saturated rings. The van der Waals surface area contributed by atoms with Crippen molar-refractivity contribution in [1.29, 1.82) is 0 Å². The molecular weight excluding hydrogens is 328 g/mol. The maximum absolute atomic E-state index is 11.8. The van der Waals surface area contributed by atoms with Crippen LogP contribution in [-0.2, 0) is 16.1 Å². The summed E-state index contributed by atoms with van der Waals surface area (Å²) in [4.78, 5) is 31.1. The van der Waals surface area contributed by atoms with Gasteiger partial charge in [0, 0.05) is 18.9 Å². The van der Waals surface area contributed by atoms with E-state index >= 15 is 0 Å². The van der Waals surface area contributed by atoms with Crippen molar-refractivity contribution in [3.8, 4) is 11.5 Å². The largest absolute Gasteiger partial charge is 0.493 e. The van der Waals surface area contributed by atoms with Crippen molar-refractivity contribution in [1.82, 2.24) is 15.3 Å². The maximum atomic E-state index is 11.8. The molecule has 1 amide bonds. The number of anilines is 1. The summed E-state index contributed by atoms with van der Waals surface area (Å²) in [6, 6.07) is 5.26. The molecule has 1 heterocycles. The van der Waals surface area contributed by atoms with E-state index in [1.807, 2.05) is 0 Å². The van der Waals surface area contributed by atoms with Gasteiger partial charge in [0.15, 0.2) is 29.6 Å². The standard InChI is InChI=1S/C16H18N4O5/c1-23-11-4-3-10(7-12(11)24-2)8-20-13(21)9-25-16(22)14-15(17)19-6-5-18-14/h3-7H,8-9H2,1-2H3,(H2,17,19)(H,20,21). The van der Waals surface area contributed by atoms with Gasteiger partial charge < -0.3 is 25.3 Å². The summed E-state index contributed by atoms with van der Waals surface area (Å²) >= 11 is 0. The van der Waals surface area contributed by atoms with Crippen LogP contribution in [0.2, 0.25) is 0 Å². The molecule has 0 bridgehead atoms. The molecule has 1 aromatic heterocycles. The quantitative estimate of drug-likeness (QED) is 0.696. The molecule has 0 spiro atoms. The molecule has 0 atom stereocenters. The van der Waals surface area contributed by atoms with E-state index in [0.29, 0.717) is 11.5 Å². The Balaban J connectivity index is 1.85. The van der Waals surface area contributed by atoms with Crippen LogP contribution in [0.1, 0.15) is 16.1 Å². The van der Waals surface area contributed by atoms with Gasteiger partial charge in [-0.25, -0.2) is 14.8 Å². The van der Waals surface area contributed by atoms with Crippen LogP contribution in [0.25, 0.3) is 0 Å². The smallest absolute Gasteiger partial charge is 0.361 e. The minimum atomic E-state index is -0.813. The summed E-state index contributed by atoms with van der Waals surface area (Å²) in [6.45, 7) is -0.216. The van der Waals surface area contributed by atoms with Gasteiger partial charge in [-0.3, -0.25) is 4.79 Å². The lowest BCUT2D eigenvalue weighted by Crippen LogP contribution is -2.28. The number of carbonyl (C=O) groups is 2. The van der Waals surface area contributed by atoms with Gasteiger partial charge in [0.05, 0.1) is 14.2 Å². The first-order valence-corrected chi connectivity index (χ1v) is 7.26. The van der Waals surface area contributed by atoms with E-state index < -0.39 is 18.5 Å². The van der Waals surface area contributed by atoms with Crippen molar-refractivity contribution >= 4 is 17.7 Å². The zero-order valence-corrected chi connectivity index (χ0v) is 13.8. The average Bonchev–Trinajstić information content (AvgIpc) is 2.64. The lowest BCUT2D eigenvalue weighted by Gasteiger charge is -2.10. The monoisotopic (exact) mass is 346 g/mol. The molecule has 1 aromatic carbocycles. The number of nitrogens with one attached hydrogen (secondary N) is 1. The van der Waals surface area contributed by atoms with E-state index in [1.54, 1.807) is 18.2 Å². The van der Waals surface area contributed by atoms with E-state index in [9.17, 15) is 9.59 Å². The maximum Gasteiger partial charge on any atom is 0.361 e. The van der Waals surface area contributed by atoms with Crippen molar-refractivity contribution in [2.45, 2.75) is 6.54 Å². The van der Waals surface area contributed by atoms with E-state index in [0.717, 1.165) is 5.56 Å². The number of amides is 1. The second kappa shape index (κ2) is 8.48. The summed E-state index contributed by atoms with van der Waals surface area (Å²) in [6.07, 6.45) is 2.66. The van der Waals surface area contributed by atoms with Crippen LogP contribution in [0.3, 0.4) is 0 Å². The number of methoxy groups -OCH3 is 2. The molecule has 9 heteroatoms. The molecule has 3 N–H and O–H groups in total. The number of esters is 1. The first-order chi connectivity index (χ1) is 12.0. The molecule has 0 aliphatic heterocycles. The lowest BCUT2D eigenvalue weighted by atomic mass is 10.2. The highest BCUT2D eigenvalue weighted by Crippen LogP contribution is 2.27. The number of aromatic nitrogens is 2. The fourth-order valence-corrected chi connectivity index (χ4v) is 1.95.